The van der Waals surface area contributed by atoms with Gasteiger partial charge in [0.05, 0.1) is 23.3 Å². The van der Waals surface area contributed by atoms with E-state index in [-0.39, 0.29) is 29.6 Å². The molecule has 1 aromatic heterocycles. The Hall–Kier alpha value is -2.64. The molecule has 0 fully saturated rings. The maximum atomic E-state index is 12.2. The first-order valence-corrected chi connectivity index (χ1v) is 10.1. The molecule has 1 heterocycles. The summed E-state index contributed by atoms with van der Waals surface area (Å²) in [5.74, 6) is -0.198. The fourth-order valence-corrected chi connectivity index (χ4v) is 3.65. The molecule has 0 N–H and O–H groups in total. The first kappa shape index (κ1) is 19.1. The maximum Gasteiger partial charge on any atom is 0.307 e. The molecular formula is C19H16ClNO5S. The average molecular weight is 406 g/mol. The van der Waals surface area contributed by atoms with Gasteiger partial charge >= 0.3 is 5.97 Å². The van der Waals surface area contributed by atoms with E-state index in [0.717, 1.165) is 5.56 Å². The molecule has 0 amide bonds. The van der Waals surface area contributed by atoms with Gasteiger partial charge < -0.3 is 9.15 Å². The van der Waals surface area contributed by atoms with Crippen molar-refractivity contribution in [3.63, 3.8) is 0 Å². The van der Waals surface area contributed by atoms with Crippen molar-refractivity contribution in [2.75, 3.05) is 5.75 Å². The summed E-state index contributed by atoms with van der Waals surface area (Å²) in [5.41, 5.74) is 0.858. The fraction of sp³-hybridized carbons (Fsp3) is 0.158. The van der Waals surface area contributed by atoms with Crippen molar-refractivity contribution in [3.05, 3.63) is 71.7 Å². The number of aromatic nitrogens is 1. The number of benzene rings is 2. The molecule has 0 atom stereocenters. The Balaban J connectivity index is 1.51. The summed E-state index contributed by atoms with van der Waals surface area (Å²) in [6.45, 7) is -0.160. The van der Waals surface area contributed by atoms with Gasteiger partial charge in [-0.3, -0.25) is 4.79 Å². The molecule has 0 aliphatic rings. The lowest BCUT2D eigenvalue weighted by molar-refractivity contribution is -0.145. The quantitative estimate of drug-likeness (QED) is 0.554. The van der Waals surface area contributed by atoms with Crippen LogP contribution in [0.5, 0.6) is 0 Å². The van der Waals surface area contributed by atoms with Crippen LogP contribution in [0.2, 0.25) is 5.02 Å². The van der Waals surface area contributed by atoms with Crippen LogP contribution in [0.25, 0.3) is 11.3 Å². The predicted octanol–water partition coefficient (Wildman–Crippen LogP) is 3.90. The molecule has 0 aliphatic carbocycles. The molecule has 140 valence electrons. The molecule has 0 saturated heterocycles. The van der Waals surface area contributed by atoms with Gasteiger partial charge in [0, 0.05) is 10.6 Å². The molecule has 0 bridgehead atoms. The van der Waals surface area contributed by atoms with Crippen LogP contribution in [0, 0.1) is 0 Å². The number of halogens is 1. The lowest BCUT2D eigenvalue weighted by Crippen LogP contribution is -2.13. The monoisotopic (exact) mass is 405 g/mol. The van der Waals surface area contributed by atoms with Crippen LogP contribution in [-0.4, -0.2) is 25.1 Å². The number of hydrogen-bond donors (Lipinski definition) is 0. The normalized spacial score (nSPS) is 11.3. The SMILES string of the molecule is O=C(CCS(=O)(=O)c1ccc(Cl)cc1)OCc1ncc(-c2ccccc2)o1. The van der Waals surface area contributed by atoms with Crippen LogP contribution in [0.3, 0.4) is 0 Å². The van der Waals surface area contributed by atoms with Gasteiger partial charge in [-0.05, 0) is 24.3 Å². The van der Waals surface area contributed by atoms with Crippen LogP contribution in [0.4, 0.5) is 0 Å². The molecular weight excluding hydrogens is 390 g/mol. The zero-order valence-corrected chi connectivity index (χ0v) is 15.7. The summed E-state index contributed by atoms with van der Waals surface area (Å²) in [5, 5.41) is 0.439. The van der Waals surface area contributed by atoms with Gasteiger partial charge in [-0.15, -0.1) is 0 Å². The van der Waals surface area contributed by atoms with Crippen LogP contribution in [0.15, 0.2) is 70.1 Å². The lowest BCUT2D eigenvalue weighted by Gasteiger charge is -2.05. The van der Waals surface area contributed by atoms with E-state index in [9.17, 15) is 13.2 Å². The van der Waals surface area contributed by atoms with E-state index in [1.807, 2.05) is 30.3 Å². The Bertz CT molecular complexity index is 1010. The number of nitrogens with zero attached hydrogens (tertiary/aromatic N) is 1. The van der Waals surface area contributed by atoms with E-state index in [1.165, 1.54) is 24.3 Å². The van der Waals surface area contributed by atoms with Crippen LogP contribution < -0.4 is 0 Å². The summed E-state index contributed by atoms with van der Waals surface area (Å²) in [4.78, 5) is 16.0. The van der Waals surface area contributed by atoms with Gasteiger partial charge in [0.1, 0.15) is 0 Å². The van der Waals surface area contributed by atoms with Gasteiger partial charge in [0.15, 0.2) is 22.2 Å². The molecule has 6 nitrogen and oxygen atoms in total. The highest BCUT2D eigenvalue weighted by Crippen LogP contribution is 2.20. The largest absolute Gasteiger partial charge is 0.456 e. The fourth-order valence-electron chi connectivity index (χ4n) is 2.30. The Morgan fingerprint density at radius 2 is 1.78 bits per heavy atom. The third-order valence-corrected chi connectivity index (χ3v) is 5.70. The Morgan fingerprint density at radius 3 is 2.48 bits per heavy atom. The van der Waals surface area contributed by atoms with Gasteiger partial charge in [-0.2, -0.15) is 0 Å². The molecule has 3 rings (SSSR count). The zero-order valence-electron chi connectivity index (χ0n) is 14.2. The topological polar surface area (TPSA) is 86.5 Å². The molecule has 0 saturated carbocycles. The molecule has 0 spiro atoms. The number of esters is 1. The Morgan fingerprint density at radius 1 is 1.07 bits per heavy atom. The molecule has 0 aliphatic heterocycles. The minimum absolute atomic E-state index is 0.111. The van der Waals surface area contributed by atoms with E-state index in [1.54, 1.807) is 6.20 Å². The molecule has 27 heavy (non-hydrogen) atoms. The smallest absolute Gasteiger partial charge is 0.307 e. The molecule has 2 aromatic carbocycles. The van der Waals surface area contributed by atoms with Gasteiger partial charge in [0.25, 0.3) is 0 Å². The number of ether oxygens (including phenoxy) is 1. The Kier molecular flexibility index (Phi) is 5.93. The lowest BCUT2D eigenvalue weighted by atomic mass is 10.2. The highest BCUT2D eigenvalue weighted by Gasteiger charge is 2.17. The molecule has 0 unspecified atom stereocenters. The average Bonchev–Trinajstić information content (AvgIpc) is 3.15. The second kappa shape index (κ2) is 8.37. The minimum Gasteiger partial charge on any atom is -0.456 e. The van der Waals surface area contributed by atoms with E-state index in [4.69, 9.17) is 20.8 Å². The van der Waals surface area contributed by atoms with Crippen molar-refractivity contribution in [2.24, 2.45) is 0 Å². The summed E-state index contributed by atoms with van der Waals surface area (Å²) < 4.78 is 35.0. The second-order valence-corrected chi connectivity index (χ2v) is 8.21. The van der Waals surface area contributed by atoms with Crippen molar-refractivity contribution in [1.29, 1.82) is 0 Å². The summed E-state index contributed by atoms with van der Waals surface area (Å²) >= 11 is 5.75. The third kappa shape index (κ3) is 5.18. The standard InChI is InChI=1S/C19H16ClNO5S/c20-15-6-8-16(9-7-15)27(23,24)11-10-19(22)25-13-18-21-12-17(26-18)14-4-2-1-3-5-14/h1-9,12H,10-11,13H2. The van der Waals surface area contributed by atoms with Crippen molar-refractivity contribution in [3.8, 4) is 11.3 Å². The van der Waals surface area contributed by atoms with Gasteiger partial charge in [0.2, 0.25) is 5.89 Å². The highest BCUT2D eigenvalue weighted by atomic mass is 35.5. The molecule has 8 heteroatoms. The van der Waals surface area contributed by atoms with Crippen LogP contribution in [0.1, 0.15) is 12.3 Å². The highest BCUT2D eigenvalue weighted by molar-refractivity contribution is 7.91. The number of rotatable bonds is 7. The second-order valence-electron chi connectivity index (χ2n) is 5.67. The summed E-state index contributed by atoms with van der Waals surface area (Å²) in [6.07, 6.45) is 1.28. The van der Waals surface area contributed by atoms with E-state index in [2.05, 4.69) is 4.98 Å². The molecule has 0 radical (unpaired) electrons. The minimum atomic E-state index is -3.59. The van der Waals surface area contributed by atoms with Crippen molar-refractivity contribution in [2.45, 2.75) is 17.9 Å². The van der Waals surface area contributed by atoms with Gasteiger partial charge in [-0.1, -0.05) is 41.9 Å². The van der Waals surface area contributed by atoms with E-state index >= 15 is 0 Å². The number of sulfone groups is 1. The van der Waals surface area contributed by atoms with Gasteiger partial charge in [-0.25, -0.2) is 13.4 Å². The number of carbonyl (C=O) groups excluding carboxylic acids is 1. The van der Waals surface area contributed by atoms with Crippen molar-refractivity contribution < 1.29 is 22.4 Å². The van der Waals surface area contributed by atoms with Crippen molar-refractivity contribution >= 4 is 27.4 Å². The first-order chi connectivity index (χ1) is 12.9. The number of oxazole rings is 1. The van der Waals surface area contributed by atoms with E-state index in [0.29, 0.717) is 10.8 Å². The number of hydrogen-bond acceptors (Lipinski definition) is 6. The third-order valence-electron chi connectivity index (χ3n) is 3.72. The number of carbonyl (C=O) groups is 1. The summed E-state index contributed by atoms with van der Waals surface area (Å²) in [6, 6.07) is 15.2. The first-order valence-electron chi connectivity index (χ1n) is 8.08. The van der Waals surface area contributed by atoms with E-state index < -0.39 is 15.8 Å². The Labute approximate surface area is 161 Å². The maximum absolute atomic E-state index is 12.2. The van der Waals surface area contributed by atoms with Crippen LogP contribution >= 0.6 is 11.6 Å². The van der Waals surface area contributed by atoms with Crippen LogP contribution in [-0.2, 0) is 26.0 Å². The predicted molar refractivity (Wildman–Crippen MR) is 99.9 cm³/mol. The summed E-state index contributed by atoms with van der Waals surface area (Å²) in [7, 11) is -3.59. The van der Waals surface area contributed by atoms with Crippen molar-refractivity contribution in [1.82, 2.24) is 4.98 Å². The zero-order chi connectivity index (χ0) is 19.3. The molecule has 3 aromatic rings.